The maximum absolute atomic E-state index is 12.0. The minimum absolute atomic E-state index is 0.00194. The molecule has 0 aromatic heterocycles. The highest BCUT2D eigenvalue weighted by Crippen LogP contribution is 2.70. The van der Waals surface area contributed by atoms with Crippen LogP contribution in [-0.2, 0) is 37.9 Å². The molecule has 5 saturated heterocycles. The van der Waals surface area contributed by atoms with Gasteiger partial charge in [0.2, 0.25) is 0 Å². The molecule has 8 fully saturated rings. The zero-order chi connectivity index (χ0) is 42.6. The van der Waals surface area contributed by atoms with Gasteiger partial charge in [0.05, 0.1) is 38.1 Å². The molecule has 0 aromatic carbocycles. The number of fused-ring (bicyclic) bond motifs is 7. The van der Waals surface area contributed by atoms with Crippen molar-refractivity contribution < 1.29 is 78.7 Å². The molecule has 0 aromatic rings. The predicted molar refractivity (Wildman–Crippen MR) is 208 cm³/mol. The Bertz CT molecular complexity index is 1560. The van der Waals surface area contributed by atoms with Gasteiger partial charge in [-0.2, -0.15) is 0 Å². The molecule has 0 bridgehead atoms. The number of aliphatic hydroxyl groups is 8. The van der Waals surface area contributed by atoms with Gasteiger partial charge >= 0.3 is 0 Å². The molecule has 4 aliphatic carbocycles. The Kier molecular flexibility index (Phi) is 12.2. The van der Waals surface area contributed by atoms with E-state index in [9.17, 15) is 40.9 Å². The molecule has 9 rings (SSSR count). The SMILES string of the molecule is C[C@@H]1CC[C@@]2(OC1)O[C@H]1C[C@H]3[C@@H]4CC=C5C[C@H](O[C@H]6O[C@H](CO)[C@@H](O[C@H]7O[C@H](CO)[C@@H](O)[C@H]7O)[C@@H](O[C@H]7O[C@H](C)[C@@H](O)[C@@H](O)[C@H]7O)[C@H]6O)CC[C@]5(C)[C@H]4CC[C@]3(C)[C@@H]1[C@H]2C. The first-order valence-corrected chi connectivity index (χ1v) is 22.8. The van der Waals surface area contributed by atoms with Crippen molar-refractivity contribution in [3.05, 3.63) is 11.6 Å². The van der Waals surface area contributed by atoms with Crippen LogP contribution in [-0.4, -0.2) is 165 Å². The number of rotatable bonds is 8. The number of ether oxygens (including phenoxy) is 8. The van der Waals surface area contributed by atoms with Crippen molar-refractivity contribution in [2.75, 3.05) is 19.8 Å². The summed E-state index contributed by atoms with van der Waals surface area (Å²) in [6.45, 7) is 10.6. The van der Waals surface area contributed by atoms with Crippen LogP contribution in [0.5, 0.6) is 0 Å². The Morgan fingerprint density at radius 3 is 2.08 bits per heavy atom. The maximum atomic E-state index is 12.0. The summed E-state index contributed by atoms with van der Waals surface area (Å²) >= 11 is 0. The van der Waals surface area contributed by atoms with Crippen LogP contribution in [0.4, 0.5) is 0 Å². The van der Waals surface area contributed by atoms with E-state index in [1.54, 1.807) is 0 Å². The normalized spacial score (nSPS) is 57.7. The standard InChI is InChI=1S/C44H70O16/c1-19-8-13-44(53-18-19)20(2)30-27(60-44)15-26-24-7-6-22-14-23(9-11-42(22,4)25(24)10-12-43(26,30)5)55-41-36(52)38(59-39-35(51)33(49)31(47)21(3)54-39)37(29(17-46)57-41)58-40-34(50)32(48)28(16-45)56-40/h6,19-21,23-41,45-52H,7-18H2,1-5H3/t19-,20-,21-,23-,24-,25+,26+,27+,28-,29-,30-,31-,32-,33-,34-,35-,36-,37-,38+,39-,40-,41+,42+,43+,44-/m1/s1. The Morgan fingerprint density at radius 2 is 1.38 bits per heavy atom. The Labute approximate surface area is 352 Å². The first-order valence-electron chi connectivity index (χ1n) is 22.8. The fraction of sp³-hybridized carbons (Fsp3) is 0.955. The molecular weight excluding hydrogens is 784 g/mol. The van der Waals surface area contributed by atoms with Crippen LogP contribution in [0.15, 0.2) is 11.6 Å². The van der Waals surface area contributed by atoms with Crippen LogP contribution < -0.4 is 0 Å². The van der Waals surface area contributed by atoms with E-state index in [1.165, 1.54) is 18.9 Å². The fourth-order valence-corrected chi connectivity index (χ4v) is 13.8. The van der Waals surface area contributed by atoms with Crippen LogP contribution in [0, 0.1) is 46.3 Å². The van der Waals surface area contributed by atoms with Crippen molar-refractivity contribution in [1.82, 2.24) is 0 Å². The van der Waals surface area contributed by atoms with Crippen LogP contribution in [0.2, 0.25) is 0 Å². The van der Waals surface area contributed by atoms with Crippen molar-refractivity contribution in [2.24, 2.45) is 46.3 Å². The molecule has 5 heterocycles. The summed E-state index contributed by atoms with van der Waals surface area (Å²) in [7, 11) is 0. The van der Waals surface area contributed by atoms with E-state index in [-0.39, 0.29) is 23.0 Å². The van der Waals surface area contributed by atoms with Crippen molar-refractivity contribution >= 4 is 0 Å². The van der Waals surface area contributed by atoms with Crippen LogP contribution >= 0.6 is 0 Å². The van der Waals surface area contributed by atoms with E-state index < -0.39 is 105 Å². The molecule has 5 aliphatic heterocycles. The summed E-state index contributed by atoms with van der Waals surface area (Å²) in [4.78, 5) is 0. The molecule has 1 spiro atoms. The van der Waals surface area contributed by atoms with E-state index in [4.69, 9.17) is 37.9 Å². The predicted octanol–water partition coefficient (Wildman–Crippen LogP) is 0.853. The van der Waals surface area contributed by atoms with Crippen molar-refractivity contribution in [3.63, 3.8) is 0 Å². The van der Waals surface area contributed by atoms with Crippen molar-refractivity contribution in [2.45, 2.75) is 196 Å². The molecular formula is C44H70O16. The van der Waals surface area contributed by atoms with Gasteiger partial charge in [-0.3, -0.25) is 0 Å². The zero-order valence-electron chi connectivity index (χ0n) is 35.6. The third kappa shape index (κ3) is 7.10. The summed E-state index contributed by atoms with van der Waals surface area (Å²) in [5.41, 5.74) is 1.56. The summed E-state index contributed by atoms with van der Waals surface area (Å²) in [6, 6.07) is 0. The fourth-order valence-electron chi connectivity index (χ4n) is 13.8. The summed E-state index contributed by atoms with van der Waals surface area (Å²) in [6.07, 6.45) is -8.89. The molecule has 16 nitrogen and oxygen atoms in total. The molecule has 16 heteroatoms. The smallest absolute Gasteiger partial charge is 0.187 e. The van der Waals surface area contributed by atoms with Gasteiger partial charge in [-0.25, -0.2) is 0 Å². The van der Waals surface area contributed by atoms with E-state index >= 15 is 0 Å². The van der Waals surface area contributed by atoms with Gasteiger partial charge in [0.25, 0.3) is 0 Å². The van der Waals surface area contributed by atoms with E-state index in [0.29, 0.717) is 48.3 Å². The molecule has 342 valence electrons. The Morgan fingerprint density at radius 1 is 0.700 bits per heavy atom. The van der Waals surface area contributed by atoms with Crippen LogP contribution in [0.1, 0.15) is 92.4 Å². The minimum atomic E-state index is -1.73. The monoisotopic (exact) mass is 854 g/mol. The molecule has 0 radical (unpaired) electrons. The second kappa shape index (κ2) is 16.5. The van der Waals surface area contributed by atoms with E-state index in [0.717, 1.165) is 45.1 Å². The van der Waals surface area contributed by atoms with Gasteiger partial charge in [-0.1, -0.05) is 39.3 Å². The van der Waals surface area contributed by atoms with Gasteiger partial charge in [0.1, 0.15) is 61.0 Å². The lowest BCUT2D eigenvalue weighted by atomic mass is 9.47. The zero-order valence-corrected chi connectivity index (χ0v) is 35.6. The lowest BCUT2D eigenvalue weighted by molar-refractivity contribution is -0.376. The lowest BCUT2D eigenvalue weighted by Gasteiger charge is -2.58. The summed E-state index contributed by atoms with van der Waals surface area (Å²) < 4.78 is 49.7. The highest BCUT2D eigenvalue weighted by Gasteiger charge is 2.69. The first kappa shape index (κ1) is 44.3. The third-order valence-corrected chi connectivity index (χ3v) is 17.3. The summed E-state index contributed by atoms with van der Waals surface area (Å²) in [5.74, 6) is 2.69. The topological polar surface area (TPSA) is 236 Å². The molecule has 25 atom stereocenters. The van der Waals surface area contributed by atoms with E-state index in [2.05, 4.69) is 33.8 Å². The largest absolute Gasteiger partial charge is 0.394 e. The van der Waals surface area contributed by atoms with Crippen LogP contribution in [0.25, 0.3) is 0 Å². The number of hydrogen-bond donors (Lipinski definition) is 8. The highest BCUT2D eigenvalue weighted by molar-refractivity contribution is 5.26. The first-order chi connectivity index (χ1) is 28.5. The Balaban J connectivity index is 0.901. The van der Waals surface area contributed by atoms with Gasteiger partial charge in [0, 0.05) is 12.3 Å². The molecule has 60 heavy (non-hydrogen) atoms. The average molecular weight is 855 g/mol. The number of allylic oxidation sites excluding steroid dienone is 1. The van der Waals surface area contributed by atoms with Gasteiger partial charge in [-0.05, 0) is 98.7 Å². The average Bonchev–Trinajstić information content (AvgIpc) is 3.79. The quantitative estimate of drug-likeness (QED) is 0.158. The third-order valence-electron chi connectivity index (χ3n) is 17.3. The molecule has 3 saturated carbocycles. The molecule has 8 N–H and O–H groups in total. The highest BCUT2D eigenvalue weighted by atomic mass is 16.8. The van der Waals surface area contributed by atoms with E-state index in [1.807, 2.05) is 0 Å². The maximum Gasteiger partial charge on any atom is 0.187 e. The number of hydrogen-bond acceptors (Lipinski definition) is 16. The minimum Gasteiger partial charge on any atom is -0.394 e. The molecule has 0 amide bonds. The summed E-state index contributed by atoms with van der Waals surface area (Å²) in [5, 5.41) is 85.0. The van der Waals surface area contributed by atoms with Gasteiger partial charge in [0.15, 0.2) is 24.7 Å². The molecule has 0 unspecified atom stereocenters. The second-order valence-corrected chi connectivity index (χ2v) is 20.6. The van der Waals surface area contributed by atoms with Gasteiger partial charge in [-0.15, -0.1) is 0 Å². The Hall–Kier alpha value is -0.900. The number of aliphatic hydroxyl groups excluding tert-OH is 8. The van der Waals surface area contributed by atoms with Crippen molar-refractivity contribution in [1.29, 1.82) is 0 Å². The van der Waals surface area contributed by atoms with Crippen molar-refractivity contribution in [3.8, 4) is 0 Å². The second-order valence-electron chi connectivity index (χ2n) is 20.6. The lowest BCUT2D eigenvalue weighted by Crippen LogP contribution is -2.65. The molecule has 9 aliphatic rings. The van der Waals surface area contributed by atoms with Crippen LogP contribution in [0.3, 0.4) is 0 Å². The van der Waals surface area contributed by atoms with Gasteiger partial charge < -0.3 is 78.7 Å².